The number of carbonyl (C=O) groups is 8. The summed E-state index contributed by atoms with van der Waals surface area (Å²) in [6, 6.07) is 0. The van der Waals surface area contributed by atoms with Gasteiger partial charge in [-0.15, -0.1) is 0 Å². The van der Waals surface area contributed by atoms with Crippen molar-refractivity contribution in [3.05, 3.63) is 0 Å². The predicted molar refractivity (Wildman–Crippen MR) is 302 cm³/mol. The van der Waals surface area contributed by atoms with E-state index in [4.69, 9.17) is 56.8 Å². The molecule has 0 aromatic heterocycles. The van der Waals surface area contributed by atoms with Gasteiger partial charge < -0.3 is 96.4 Å². The summed E-state index contributed by atoms with van der Waals surface area (Å²) in [7, 11) is 0. The van der Waals surface area contributed by atoms with Gasteiger partial charge in [0.15, 0.2) is 24.4 Å². The number of aliphatic carboxylic acids is 4. The maximum Gasteiger partial charge on any atom is 4.00 e. The fraction of sp³-hybridized carbons (Fsp3) is 0.867. The first-order chi connectivity index (χ1) is 39.9. The second-order valence-corrected chi connectivity index (χ2v) is 19.0. The number of ketones is 4. The molecule has 0 saturated heterocycles. The van der Waals surface area contributed by atoms with Crippen molar-refractivity contribution in [2.45, 2.75) is 261 Å². The molecule has 496 valence electrons. The van der Waals surface area contributed by atoms with Crippen molar-refractivity contribution < 1.29 is 142 Å². The van der Waals surface area contributed by atoms with Crippen LogP contribution in [0.3, 0.4) is 0 Å². The standard InChI is InChI=1S/4C15H28O6.Zr/c4*1-5-9-19-12(14(17)18)13(16)15(8-4,20-10-6-2)21-11-7-3;/h4*12H,5-11H2,1-4H3,(H,17,18);/q;;;;+4/p-4. The first kappa shape index (κ1) is 90.7. The van der Waals surface area contributed by atoms with Crippen LogP contribution in [0.4, 0.5) is 0 Å². The van der Waals surface area contributed by atoms with Gasteiger partial charge in [-0.1, -0.05) is 111 Å². The van der Waals surface area contributed by atoms with Crippen molar-refractivity contribution in [1.29, 1.82) is 0 Å². The topological polar surface area (TPSA) is 340 Å². The Kier molecular flexibility index (Phi) is 58.8. The van der Waals surface area contributed by atoms with E-state index in [9.17, 15) is 58.8 Å². The minimum Gasteiger partial charge on any atom is -0.547 e. The van der Waals surface area contributed by atoms with Crippen LogP contribution < -0.4 is 20.4 Å². The number of ether oxygens (including phenoxy) is 12. The van der Waals surface area contributed by atoms with Crippen LogP contribution in [0.2, 0.25) is 0 Å². The van der Waals surface area contributed by atoms with Gasteiger partial charge in [0.2, 0.25) is 46.3 Å². The van der Waals surface area contributed by atoms with Gasteiger partial charge in [-0.3, -0.25) is 19.2 Å². The van der Waals surface area contributed by atoms with Crippen molar-refractivity contribution in [3.63, 3.8) is 0 Å². The van der Waals surface area contributed by atoms with E-state index in [1.165, 1.54) is 0 Å². The molecular weight excluding hydrogens is 1200 g/mol. The van der Waals surface area contributed by atoms with E-state index in [1.54, 1.807) is 27.7 Å². The van der Waals surface area contributed by atoms with Gasteiger partial charge >= 0.3 is 26.2 Å². The van der Waals surface area contributed by atoms with E-state index < -0.39 is 94.6 Å². The van der Waals surface area contributed by atoms with E-state index in [2.05, 4.69) is 0 Å². The van der Waals surface area contributed by atoms with E-state index in [1.807, 2.05) is 83.1 Å². The maximum atomic E-state index is 12.6. The molecule has 4 atom stereocenters. The molecule has 0 rings (SSSR count). The van der Waals surface area contributed by atoms with Gasteiger partial charge in [-0.2, -0.15) is 0 Å². The van der Waals surface area contributed by atoms with E-state index >= 15 is 0 Å². The fourth-order valence-corrected chi connectivity index (χ4v) is 7.13. The first-order valence-electron chi connectivity index (χ1n) is 30.5. The molecule has 0 bridgehead atoms. The van der Waals surface area contributed by atoms with E-state index in [0.717, 1.165) is 0 Å². The molecule has 0 aromatic carbocycles. The Morgan fingerprint density at radius 3 is 0.447 bits per heavy atom. The summed E-state index contributed by atoms with van der Waals surface area (Å²) in [5, 5.41) is 44.8. The third-order valence-corrected chi connectivity index (χ3v) is 11.4. The maximum absolute atomic E-state index is 12.6. The normalized spacial score (nSPS) is 13.0. The van der Waals surface area contributed by atoms with E-state index in [-0.39, 0.29) is 78.3 Å². The summed E-state index contributed by atoms with van der Waals surface area (Å²) >= 11 is 0. The smallest absolute Gasteiger partial charge is 0.547 e. The Bertz CT molecular complexity index is 1480. The quantitative estimate of drug-likeness (QED) is 0.0607. The summed E-state index contributed by atoms with van der Waals surface area (Å²) in [6.07, 6.45) is 2.10. The first-order valence-corrected chi connectivity index (χ1v) is 30.5. The third kappa shape index (κ3) is 34.5. The van der Waals surface area contributed by atoms with Crippen molar-refractivity contribution >= 4 is 47.0 Å². The van der Waals surface area contributed by atoms with Gasteiger partial charge in [-0.25, -0.2) is 0 Å². The summed E-state index contributed by atoms with van der Waals surface area (Å²) in [4.78, 5) is 95.0. The molecule has 25 heteroatoms. The number of hydrogen-bond acceptors (Lipinski definition) is 24. The van der Waals surface area contributed by atoms with Crippen LogP contribution in [0.15, 0.2) is 0 Å². The molecule has 0 spiro atoms. The summed E-state index contributed by atoms with van der Waals surface area (Å²) < 4.78 is 64.9. The molecule has 0 saturated carbocycles. The van der Waals surface area contributed by atoms with Crippen LogP contribution in [-0.2, 0) is 121 Å². The van der Waals surface area contributed by atoms with Crippen molar-refractivity contribution in [2.75, 3.05) is 79.3 Å². The summed E-state index contributed by atoms with van der Waals surface area (Å²) in [6.45, 7) is 32.4. The molecule has 24 nitrogen and oxygen atoms in total. The van der Waals surface area contributed by atoms with Crippen molar-refractivity contribution in [3.8, 4) is 0 Å². The Labute approximate surface area is 526 Å². The third-order valence-electron chi connectivity index (χ3n) is 11.4. The van der Waals surface area contributed by atoms with Gasteiger partial charge in [0.05, 0.1) is 76.7 Å². The zero-order chi connectivity index (χ0) is 65.2. The van der Waals surface area contributed by atoms with Crippen LogP contribution in [0.5, 0.6) is 0 Å². The molecule has 4 unspecified atom stereocenters. The van der Waals surface area contributed by atoms with Crippen LogP contribution in [-0.4, -0.2) is 174 Å². The number of rotatable bonds is 52. The zero-order valence-electron chi connectivity index (χ0n) is 54.4. The average molecular weight is 1300 g/mol. The van der Waals surface area contributed by atoms with Crippen LogP contribution in [0, 0.1) is 0 Å². The van der Waals surface area contributed by atoms with Gasteiger partial charge in [0, 0.05) is 52.1 Å². The largest absolute Gasteiger partial charge is 4.00 e. The Morgan fingerprint density at radius 1 is 0.247 bits per heavy atom. The monoisotopic (exact) mass is 1300 g/mol. The molecule has 0 aliphatic carbocycles. The fourth-order valence-electron chi connectivity index (χ4n) is 7.13. The number of carboxylic acid groups (broad SMARTS) is 4. The molecule has 0 fully saturated rings. The van der Waals surface area contributed by atoms with E-state index in [0.29, 0.717) is 130 Å². The molecule has 85 heavy (non-hydrogen) atoms. The molecule has 0 amide bonds. The number of Topliss-reactive ketones (excluding diaryl/α,β-unsaturated/α-hetero) is 4. The molecular formula is C60H108O24Zr. The molecule has 0 aliphatic heterocycles. The van der Waals surface area contributed by atoms with Crippen LogP contribution >= 0.6 is 0 Å². The average Bonchev–Trinajstić information content (AvgIpc) is 3.48. The second-order valence-electron chi connectivity index (χ2n) is 19.0. The summed E-state index contributed by atoms with van der Waals surface area (Å²) in [5.41, 5.74) is 0. The van der Waals surface area contributed by atoms with Crippen molar-refractivity contribution in [1.82, 2.24) is 0 Å². The number of hydrogen-bond donors (Lipinski definition) is 0. The Morgan fingerprint density at radius 2 is 0.365 bits per heavy atom. The zero-order valence-corrected chi connectivity index (χ0v) is 56.9. The molecule has 0 heterocycles. The molecule has 0 radical (unpaired) electrons. The number of carbonyl (C=O) groups excluding carboxylic acids is 8. The van der Waals surface area contributed by atoms with Gasteiger partial charge in [0.25, 0.3) is 0 Å². The molecule has 0 aromatic rings. The minimum atomic E-state index is -1.67. The Hall–Kier alpha value is -3.04. The minimum absolute atomic E-state index is 0. The van der Waals surface area contributed by atoms with Crippen LogP contribution in [0.25, 0.3) is 0 Å². The predicted octanol–water partition coefficient (Wildman–Crippen LogP) is 4.24. The van der Waals surface area contributed by atoms with Gasteiger partial charge in [-0.05, 0) is 77.0 Å². The molecule has 0 N–H and O–H groups in total. The van der Waals surface area contributed by atoms with Crippen LogP contribution in [0.1, 0.15) is 214 Å². The van der Waals surface area contributed by atoms with Gasteiger partial charge in [0.1, 0.15) is 0 Å². The molecule has 0 aliphatic rings. The Balaban J connectivity index is -0.000000333. The number of carboxylic acids is 4. The summed E-state index contributed by atoms with van der Waals surface area (Å²) in [5.74, 6) is -15.5. The van der Waals surface area contributed by atoms with Crippen molar-refractivity contribution in [2.24, 2.45) is 0 Å². The SMILES string of the molecule is CCCOC(C(=O)[O-])C(=O)C(CC)(OCCC)OCCC.CCCOC(C(=O)[O-])C(=O)C(CC)(OCCC)OCCC.CCCOC(C(=O)[O-])C(=O)C(CC)(OCCC)OCCC.CCCOC(C(=O)[O-])C(=O)C(CC)(OCCC)OCCC.[Zr+4]. The second kappa shape index (κ2) is 55.1.